The van der Waals surface area contributed by atoms with Crippen LogP contribution in [0.4, 0.5) is 0 Å². The molecule has 2 rings (SSSR count). The zero-order valence-corrected chi connectivity index (χ0v) is 19.2. The first kappa shape index (κ1) is 21.6. The second-order valence-corrected chi connectivity index (χ2v) is 15.2. The van der Waals surface area contributed by atoms with Crippen LogP contribution in [-0.2, 0) is 9.16 Å². The Bertz CT molecular complexity index is 513. The molecule has 0 aliphatic carbocycles. The van der Waals surface area contributed by atoms with Crippen molar-refractivity contribution in [1.82, 2.24) is 4.90 Å². The fourth-order valence-electron chi connectivity index (χ4n) is 3.59. The van der Waals surface area contributed by atoms with Crippen LogP contribution in [0.2, 0.25) is 32.2 Å². The highest BCUT2D eigenvalue weighted by Gasteiger charge is 2.31. The van der Waals surface area contributed by atoms with Crippen molar-refractivity contribution in [3.05, 3.63) is 30.3 Å². The Morgan fingerprint density at radius 1 is 1.27 bits per heavy atom. The van der Waals surface area contributed by atoms with Crippen LogP contribution >= 0.6 is 0 Å². The van der Waals surface area contributed by atoms with Crippen molar-refractivity contribution in [2.75, 3.05) is 33.4 Å². The van der Waals surface area contributed by atoms with Gasteiger partial charge in [-0.3, -0.25) is 0 Å². The van der Waals surface area contributed by atoms with Crippen LogP contribution in [-0.4, -0.2) is 67.2 Å². The van der Waals surface area contributed by atoms with Crippen molar-refractivity contribution in [3.63, 3.8) is 0 Å². The molecule has 1 aromatic rings. The average Bonchev–Trinajstić information content (AvgIpc) is 2.58. The molecule has 1 saturated heterocycles. The molecule has 1 heterocycles. The van der Waals surface area contributed by atoms with Gasteiger partial charge in [0.15, 0.2) is 8.32 Å². The van der Waals surface area contributed by atoms with Crippen LogP contribution in [0, 0.1) is 0 Å². The molecular formula is C20H36NO3Si2. The summed E-state index contributed by atoms with van der Waals surface area (Å²) in [6.07, 6.45) is 2.50. The lowest BCUT2D eigenvalue weighted by Gasteiger charge is -2.37. The Labute approximate surface area is 162 Å². The number of hydrogen-bond donors (Lipinski definition) is 0. The van der Waals surface area contributed by atoms with Gasteiger partial charge in [0.1, 0.15) is 12.4 Å². The minimum absolute atomic E-state index is 0.145. The summed E-state index contributed by atoms with van der Waals surface area (Å²) < 4.78 is 18.3. The van der Waals surface area contributed by atoms with Crippen LogP contribution in [0.15, 0.2) is 30.3 Å². The first-order valence-corrected chi connectivity index (χ1v) is 15.5. The van der Waals surface area contributed by atoms with Crippen LogP contribution in [0.1, 0.15) is 12.8 Å². The number of para-hydroxylation sites is 1. The van der Waals surface area contributed by atoms with E-state index >= 15 is 0 Å². The van der Waals surface area contributed by atoms with Crippen LogP contribution in [0.5, 0.6) is 5.75 Å². The molecule has 1 aliphatic rings. The molecule has 0 spiro atoms. The normalized spacial score (nSPS) is 22.6. The van der Waals surface area contributed by atoms with E-state index in [1.165, 1.54) is 12.5 Å². The molecule has 1 radical (unpaired) electrons. The Kier molecular flexibility index (Phi) is 8.83. The molecule has 1 aromatic carbocycles. The van der Waals surface area contributed by atoms with Crippen LogP contribution in [0.25, 0.3) is 0 Å². The zero-order chi connectivity index (χ0) is 19.0. The largest absolute Gasteiger partial charge is 0.491 e. The van der Waals surface area contributed by atoms with Gasteiger partial charge in [-0.1, -0.05) is 31.3 Å². The second-order valence-electron chi connectivity index (χ2n) is 8.12. The summed E-state index contributed by atoms with van der Waals surface area (Å²) in [6.45, 7) is 13.2. The van der Waals surface area contributed by atoms with Crippen molar-refractivity contribution in [2.24, 2.45) is 0 Å². The van der Waals surface area contributed by atoms with E-state index in [0.717, 1.165) is 31.8 Å². The number of nitrogens with zero attached hydrogens (tertiary/aromatic N) is 1. The number of ether oxygens (including phenoxy) is 2. The van der Waals surface area contributed by atoms with Gasteiger partial charge in [-0.25, -0.2) is 0 Å². The van der Waals surface area contributed by atoms with Crippen molar-refractivity contribution in [1.29, 1.82) is 0 Å². The summed E-state index contributed by atoms with van der Waals surface area (Å²) in [5.41, 5.74) is 0.427. The molecule has 1 aliphatic heterocycles. The third kappa shape index (κ3) is 7.52. The van der Waals surface area contributed by atoms with E-state index in [2.05, 4.69) is 31.1 Å². The molecule has 0 N–H and O–H groups in total. The minimum Gasteiger partial charge on any atom is -0.491 e. The maximum Gasteiger partial charge on any atom is 0.187 e. The summed E-state index contributed by atoms with van der Waals surface area (Å²) in [4.78, 5) is 2.56. The van der Waals surface area contributed by atoms with Gasteiger partial charge in [-0.2, -0.15) is 0 Å². The van der Waals surface area contributed by atoms with E-state index in [1.807, 2.05) is 37.4 Å². The Morgan fingerprint density at radius 3 is 2.65 bits per heavy atom. The SMILES string of the molecule is COC(CCN1CCC[Si](C)(C)OC(COc2ccccc2)C1)[Si](C)C. The van der Waals surface area contributed by atoms with Gasteiger partial charge in [-0.15, -0.1) is 0 Å². The number of methoxy groups -OCH3 is 1. The highest BCUT2D eigenvalue weighted by Crippen LogP contribution is 2.21. The summed E-state index contributed by atoms with van der Waals surface area (Å²) in [5.74, 6) is 0.924. The van der Waals surface area contributed by atoms with E-state index in [4.69, 9.17) is 13.9 Å². The number of benzene rings is 1. The van der Waals surface area contributed by atoms with Gasteiger partial charge in [0.2, 0.25) is 0 Å². The fraction of sp³-hybridized carbons (Fsp3) is 0.700. The Hall–Kier alpha value is -0.666. The van der Waals surface area contributed by atoms with Gasteiger partial charge in [0.05, 0.1) is 14.9 Å². The monoisotopic (exact) mass is 394 g/mol. The molecule has 2 unspecified atom stereocenters. The molecular weight excluding hydrogens is 358 g/mol. The Morgan fingerprint density at radius 2 is 2.00 bits per heavy atom. The molecule has 0 saturated carbocycles. The maximum atomic E-state index is 6.56. The predicted octanol–water partition coefficient (Wildman–Crippen LogP) is 4.06. The summed E-state index contributed by atoms with van der Waals surface area (Å²) in [7, 11) is -0.165. The predicted molar refractivity (Wildman–Crippen MR) is 113 cm³/mol. The van der Waals surface area contributed by atoms with E-state index in [0.29, 0.717) is 12.3 Å². The minimum atomic E-state index is -1.60. The molecule has 0 amide bonds. The van der Waals surface area contributed by atoms with Crippen molar-refractivity contribution >= 4 is 17.1 Å². The lowest BCUT2D eigenvalue weighted by molar-refractivity contribution is 0.0650. The third-order valence-corrected chi connectivity index (χ3v) is 9.36. The van der Waals surface area contributed by atoms with Crippen LogP contribution in [0.3, 0.4) is 0 Å². The van der Waals surface area contributed by atoms with Crippen LogP contribution < -0.4 is 4.74 Å². The maximum absolute atomic E-state index is 6.56. The smallest absolute Gasteiger partial charge is 0.187 e. The van der Waals surface area contributed by atoms with E-state index in [9.17, 15) is 0 Å². The second kappa shape index (κ2) is 10.6. The van der Waals surface area contributed by atoms with Gasteiger partial charge < -0.3 is 18.8 Å². The lowest BCUT2D eigenvalue weighted by Crippen LogP contribution is -2.48. The standard InChI is InChI=1S/C20H36NO3Si2/c1-22-20(25(2)3)12-14-21-13-9-15-26(4,5)24-19(16-21)17-23-18-10-7-6-8-11-18/h6-8,10-11,19-20H,9,12-17H2,1-5H3. The van der Waals surface area contributed by atoms with Gasteiger partial charge in [-0.05, 0) is 50.7 Å². The topological polar surface area (TPSA) is 30.9 Å². The number of rotatable bonds is 8. The summed E-state index contributed by atoms with van der Waals surface area (Å²) in [6, 6.07) is 11.3. The Balaban J connectivity index is 1.93. The van der Waals surface area contributed by atoms with Crippen molar-refractivity contribution in [2.45, 2.75) is 56.9 Å². The fourth-order valence-corrected chi connectivity index (χ4v) is 6.94. The highest BCUT2D eigenvalue weighted by atomic mass is 28.4. The molecule has 1 fully saturated rings. The van der Waals surface area contributed by atoms with E-state index < -0.39 is 17.1 Å². The van der Waals surface area contributed by atoms with Gasteiger partial charge >= 0.3 is 0 Å². The van der Waals surface area contributed by atoms with Crippen molar-refractivity contribution < 1.29 is 13.9 Å². The molecule has 0 bridgehead atoms. The average molecular weight is 395 g/mol. The molecule has 26 heavy (non-hydrogen) atoms. The quantitative estimate of drug-likeness (QED) is 0.622. The lowest BCUT2D eigenvalue weighted by atomic mass is 10.2. The summed E-state index contributed by atoms with van der Waals surface area (Å²) in [5, 5.41) is 0. The zero-order valence-electron chi connectivity index (χ0n) is 17.2. The van der Waals surface area contributed by atoms with Gasteiger partial charge in [0.25, 0.3) is 0 Å². The molecule has 4 nitrogen and oxygen atoms in total. The van der Waals surface area contributed by atoms with Gasteiger partial charge in [0, 0.05) is 25.9 Å². The molecule has 2 atom stereocenters. The first-order valence-electron chi connectivity index (χ1n) is 9.80. The van der Waals surface area contributed by atoms with Crippen molar-refractivity contribution in [3.8, 4) is 5.75 Å². The van der Waals surface area contributed by atoms with E-state index in [-0.39, 0.29) is 6.10 Å². The highest BCUT2D eigenvalue weighted by molar-refractivity contribution is 6.71. The summed E-state index contributed by atoms with van der Waals surface area (Å²) >= 11 is 0. The number of hydrogen-bond acceptors (Lipinski definition) is 4. The first-order chi connectivity index (χ1) is 12.4. The third-order valence-electron chi connectivity index (χ3n) is 5.02. The molecule has 147 valence electrons. The molecule has 0 aromatic heterocycles. The van der Waals surface area contributed by atoms with E-state index in [1.54, 1.807) is 0 Å². The molecule has 6 heteroatoms.